The van der Waals surface area contributed by atoms with E-state index in [1.54, 1.807) is 31.2 Å². The van der Waals surface area contributed by atoms with Crippen molar-refractivity contribution in [1.82, 2.24) is 0 Å². The van der Waals surface area contributed by atoms with E-state index in [1.165, 1.54) is 0 Å². The van der Waals surface area contributed by atoms with Crippen LogP contribution in [0, 0.1) is 0 Å². The quantitative estimate of drug-likeness (QED) is 0.335. The molecule has 2 rings (SSSR count). The van der Waals surface area contributed by atoms with E-state index in [1.807, 2.05) is 24.3 Å². The molecule has 18 heavy (non-hydrogen) atoms. The number of carbonyl (C=O) groups is 1. The van der Waals surface area contributed by atoms with Crippen LogP contribution in [0.5, 0.6) is 0 Å². The molecule has 0 atom stereocenters. The van der Waals surface area contributed by atoms with Crippen molar-refractivity contribution >= 4 is 11.5 Å². The van der Waals surface area contributed by atoms with Crippen molar-refractivity contribution in [2.24, 2.45) is 5.11 Å². The van der Waals surface area contributed by atoms with Gasteiger partial charge in [0, 0.05) is 16.2 Å². The van der Waals surface area contributed by atoms with Crippen LogP contribution in [0.2, 0.25) is 0 Å². The Bertz CT molecular complexity index is 565. The summed E-state index contributed by atoms with van der Waals surface area (Å²) in [6.45, 7) is 1.55. The Kier molecular flexibility index (Phi) is 3.41. The highest BCUT2D eigenvalue weighted by Crippen LogP contribution is 2.23. The summed E-state index contributed by atoms with van der Waals surface area (Å²) in [4.78, 5) is 13.9. The van der Waals surface area contributed by atoms with Crippen molar-refractivity contribution in [3.05, 3.63) is 64.5 Å². The van der Waals surface area contributed by atoms with Gasteiger partial charge in [0.25, 0.3) is 0 Å². The lowest BCUT2D eigenvalue weighted by Gasteiger charge is -2.03. The lowest BCUT2D eigenvalue weighted by molar-refractivity contribution is 0.101. The molecule has 0 N–H and O–H groups in total. The van der Waals surface area contributed by atoms with Crippen LogP contribution in [0.25, 0.3) is 21.6 Å². The minimum absolute atomic E-state index is 0.0558. The summed E-state index contributed by atoms with van der Waals surface area (Å²) in [5.74, 6) is 0.0558. The van der Waals surface area contributed by atoms with Crippen molar-refractivity contribution in [3.63, 3.8) is 0 Å². The van der Waals surface area contributed by atoms with Crippen LogP contribution < -0.4 is 0 Å². The second kappa shape index (κ2) is 5.17. The second-order valence-corrected chi connectivity index (χ2v) is 3.87. The molecular formula is C14H11N3O. The molecule has 0 saturated carbocycles. The van der Waals surface area contributed by atoms with Gasteiger partial charge < -0.3 is 0 Å². The number of hydrogen-bond acceptors (Lipinski definition) is 2. The van der Waals surface area contributed by atoms with Gasteiger partial charge in [-0.15, -0.1) is 0 Å². The normalized spacial score (nSPS) is 9.61. The fraction of sp³-hybridized carbons (Fsp3) is 0.0714. The maximum absolute atomic E-state index is 11.2. The van der Waals surface area contributed by atoms with Gasteiger partial charge in [-0.05, 0) is 23.6 Å². The van der Waals surface area contributed by atoms with Gasteiger partial charge in [0.05, 0.1) is 0 Å². The average molecular weight is 237 g/mol. The van der Waals surface area contributed by atoms with Gasteiger partial charge in [0.1, 0.15) is 0 Å². The molecule has 88 valence electrons. The van der Waals surface area contributed by atoms with E-state index in [-0.39, 0.29) is 5.78 Å². The Morgan fingerprint density at radius 2 is 1.50 bits per heavy atom. The summed E-state index contributed by atoms with van der Waals surface area (Å²) in [7, 11) is 0. The molecule has 0 aliphatic heterocycles. The number of benzene rings is 2. The van der Waals surface area contributed by atoms with E-state index in [4.69, 9.17) is 5.53 Å². The first-order chi connectivity index (χ1) is 8.70. The molecule has 0 heterocycles. The number of ketones is 1. The molecule has 0 aromatic heterocycles. The highest BCUT2D eigenvalue weighted by Gasteiger charge is 2.01. The first-order valence-corrected chi connectivity index (χ1v) is 5.47. The van der Waals surface area contributed by atoms with Gasteiger partial charge in [0.15, 0.2) is 5.78 Å². The fourth-order valence-electron chi connectivity index (χ4n) is 1.67. The highest BCUT2D eigenvalue weighted by atomic mass is 16.1. The van der Waals surface area contributed by atoms with Gasteiger partial charge >= 0.3 is 0 Å². The lowest BCUT2D eigenvalue weighted by Crippen LogP contribution is -1.90. The second-order valence-electron chi connectivity index (χ2n) is 3.87. The third-order valence-electron chi connectivity index (χ3n) is 2.65. The molecule has 0 radical (unpaired) electrons. The zero-order valence-electron chi connectivity index (χ0n) is 9.87. The van der Waals surface area contributed by atoms with E-state index >= 15 is 0 Å². The highest BCUT2D eigenvalue weighted by molar-refractivity contribution is 5.94. The summed E-state index contributed by atoms with van der Waals surface area (Å²) in [5, 5.41) is 3.51. The Labute approximate surface area is 105 Å². The third-order valence-corrected chi connectivity index (χ3v) is 2.65. The van der Waals surface area contributed by atoms with Crippen LogP contribution in [0.4, 0.5) is 5.69 Å². The van der Waals surface area contributed by atoms with Gasteiger partial charge in [-0.2, -0.15) is 0 Å². The molecule has 0 aliphatic carbocycles. The van der Waals surface area contributed by atoms with Crippen LogP contribution in [0.3, 0.4) is 0 Å². The summed E-state index contributed by atoms with van der Waals surface area (Å²) < 4.78 is 0. The Balaban J connectivity index is 2.31. The molecule has 4 heteroatoms. The molecule has 4 nitrogen and oxygen atoms in total. The van der Waals surface area contributed by atoms with E-state index in [0.717, 1.165) is 11.1 Å². The standard InChI is InChI=1S/C14H11N3O/c1-10(18)11-2-4-12(5-3-11)13-6-8-14(9-7-13)16-17-15/h2-9H,1H3. The van der Waals surface area contributed by atoms with Crippen LogP contribution in [0.1, 0.15) is 17.3 Å². The number of carbonyl (C=O) groups excluding carboxylic acids is 1. The Hall–Kier alpha value is -2.58. The summed E-state index contributed by atoms with van der Waals surface area (Å²) in [6.07, 6.45) is 0. The number of nitrogens with zero attached hydrogens (tertiary/aromatic N) is 3. The van der Waals surface area contributed by atoms with Crippen molar-refractivity contribution in [2.45, 2.75) is 6.92 Å². The monoisotopic (exact) mass is 237 g/mol. The zero-order chi connectivity index (χ0) is 13.0. The van der Waals surface area contributed by atoms with Crippen molar-refractivity contribution in [2.75, 3.05) is 0 Å². The minimum atomic E-state index is 0.0558. The Morgan fingerprint density at radius 1 is 1.00 bits per heavy atom. The lowest BCUT2D eigenvalue weighted by atomic mass is 10.0. The van der Waals surface area contributed by atoms with Crippen molar-refractivity contribution in [1.29, 1.82) is 0 Å². The summed E-state index contributed by atoms with van der Waals surface area (Å²) >= 11 is 0. The minimum Gasteiger partial charge on any atom is -0.295 e. The van der Waals surface area contributed by atoms with Crippen molar-refractivity contribution in [3.8, 4) is 11.1 Å². The average Bonchev–Trinajstić information content (AvgIpc) is 2.40. The number of Topliss-reactive ketones (excluding diaryl/α,β-unsaturated/α-hetero) is 1. The van der Waals surface area contributed by atoms with Crippen LogP contribution in [-0.2, 0) is 0 Å². The molecule has 0 unspecified atom stereocenters. The van der Waals surface area contributed by atoms with E-state index in [9.17, 15) is 4.79 Å². The van der Waals surface area contributed by atoms with E-state index in [0.29, 0.717) is 11.3 Å². The molecule has 0 bridgehead atoms. The molecule has 2 aromatic rings. The van der Waals surface area contributed by atoms with E-state index in [2.05, 4.69) is 10.0 Å². The number of hydrogen-bond donors (Lipinski definition) is 0. The molecule has 0 fully saturated rings. The molecule has 0 spiro atoms. The van der Waals surface area contributed by atoms with Gasteiger partial charge in [0.2, 0.25) is 0 Å². The largest absolute Gasteiger partial charge is 0.295 e. The summed E-state index contributed by atoms with van der Waals surface area (Å²) in [5.41, 5.74) is 11.6. The Morgan fingerprint density at radius 3 is 1.94 bits per heavy atom. The van der Waals surface area contributed by atoms with Gasteiger partial charge in [-0.25, -0.2) is 0 Å². The maximum Gasteiger partial charge on any atom is 0.159 e. The molecule has 0 saturated heterocycles. The van der Waals surface area contributed by atoms with Gasteiger partial charge in [-0.1, -0.05) is 53.6 Å². The summed E-state index contributed by atoms with van der Waals surface area (Å²) in [6, 6.07) is 14.7. The SMILES string of the molecule is CC(=O)c1ccc(-c2ccc(N=[N+]=[N-])cc2)cc1. The third kappa shape index (κ3) is 2.56. The smallest absolute Gasteiger partial charge is 0.159 e. The molecule has 2 aromatic carbocycles. The van der Waals surface area contributed by atoms with Crippen LogP contribution in [0.15, 0.2) is 53.6 Å². The topological polar surface area (TPSA) is 65.8 Å². The van der Waals surface area contributed by atoms with E-state index < -0.39 is 0 Å². The van der Waals surface area contributed by atoms with Crippen molar-refractivity contribution < 1.29 is 4.79 Å². The molecule has 0 aliphatic rings. The predicted octanol–water partition coefficient (Wildman–Crippen LogP) is 4.50. The first-order valence-electron chi connectivity index (χ1n) is 5.47. The number of rotatable bonds is 3. The fourth-order valence-corrected chi connectivity index (χ4v) is 1.67. The zero-order valence-corrected chi connectivity index (χ0v) is 9.87. The van der Waals surface area contributed by atoms with Gasteiger partial charge in [-0.3, -0.25) is 4.79 Å². The number of azide groups is 1. The van der Waals surface area contributed by atoms with Crippen LogP contribution in [-0.4, -0.2) is 5.78 Å². The molecule has 0 amide bonds. The van der Waals surface area contributed by atoms with Crippen LogP contribution >= 0.6 is 0 Å². The predicted molar refractivity (Wildman–Crippen MR) is 70.7 cm³/mol. The molecular weight excluding hydrogens is 226 g/mol. The maximum atomic E-state index is 11.2. The first kappa shape index (κ1) is 11.9.